The van der Waals surface area contributed by atoms with E-state index in [1.807, 2.05) is 26.0 Å². The molecule has 0 fully saturated rings. The molecule has 0 saturated heterocycles. The van der Waals surface area contributed by atoms with Gasteiger partial charge in [0, 0.05) is 18.6 Å². The molecule has 0 aromatic heterocycles. The standard InChI is InChI=1S/C23H30ClN3O4S/c1-16(2)19-11-7-9-13-21(19)27(32(5,30)31)15-22(28)26(17(3)23(29)25-4)14-18-10-6-8-12-20(18)24/h6-13,16-17H,14-15H2,1-5H3,(H,25,29). The number of anilines is 1. The van der Waals surface area contributed by atoms with Crippen LogP contribution >= 0.6 is 11.6 Å². The Bertz CT molecular complexity index is 1070. The number of hydrogen-bond donors (Lipinski definition) is 1. The van der Waals surface area contributed by atoms with E-state index in [1.165, 1.54) is 11.9 Å². The zero-order valence-corrected chi connectivity index (χ0v) is 20.6. The van der Waals surface area contributed by atoms with Gasteiger partial charge in [-0.15, -0.1) is 0 Å². The average Bonchev–Trinajstić information content (AvgIpc) is 2.74. The molecule has 2 aromatic carbocycles. The first-order valence-corrected chi connectivity index (χ1v) is 12.5. The summed E-state index contributed by atoms with van der Waals surface area (Å²) in [5.41, 5.74) is 1.91. The first-order chi connectivity index (χ1) is 15.0. The highest BCUT2D eigenvalue weighted by Crippen LogP contribution is 2.29. The minimum absolute atomic E-state index is 0.0505. The number of amides is 2. The third kappa shape index (κ3) is 6.23. The lowest BCUT2D eigenvalue weighted by molar-refractivity contribution is -0.139. The molecule has 1 unspecified atom stereocenters. The molecule has 0 spiro atoms. The Morgan fingerprint density at radius 1 is 1.03 bits per heavy atom. The molecule has 2 rings (SSSR count). The molecular weight excluding hydrogens is 450 g/mol. The van der Waals surface area contributed by atoms with Crippen molar-refractivity contribution in [2.75, 3.05) is 24.2 Å². The van der Waals surface area contributed by atoms with E-state index < -0.39 is 28.5 Å². The fourth-order valence-corrected chi connectivity index (χ4v) is 4.46. The molecule has 0 heterocycles. The van der Waals surface area contributed by atoms with Crippen molar-refractivity contribution >= 4 is 39.1 Å². The van der Waals surface area contributed by atoms with Crippen LogP contribution in [0.5, 0.6) is 0 Å². The molecule has 7 nitrogen and oxygen atoms in total. The molecule has 0 radical (unpaired) electrons. The lowest BCUT2D eigenvalue weighted by Crippen LogP contribution is -2.50. The van der Waals surface area contributed by atoms with Gasteiger partial charge in [-0.25, -0.2) is 8.42 Å². The van der Waals surface area contributed by atoms with Gasteiger partial charge < -0.3 is 10.2 Å². The van der Waals surface area contributed by atoms with Crippen molar-refractivity contribution in [2.24, 2.45) is 0 Å². The first kappa shape index (κ1) is 25.7. The van der Waals surface area contributed by atoms with Gasteiger partial charge in [-0.2, -0.15) is 0 Å². The average molecular weight is 480 g/mol. The van der Waals surface area contributed by atoms with Crippen LogP contribution in [-0.4, -0.2) is 51.0 Å². The number of benzene rings is 2. The highest BCUT2D eigenvalue weighted by atomic mass is 35.5. The second kappa shape index (κ2) is 10.8. The molecule has 9 heteroatoms. The number of carbonyl (C=O) groups excluding carboxylic acids is 2. The van der Waals surface area contributed by atoms with E-state index in [9.17, 15) is 18.0 Å². The number of sulfonamides is 1. The number of nitrogens with zero attached hydrogens (tertiary/aromatic N) is 2. The van der Waals surface area contributed by atoms with Crippen molar-refractivity contribution in [2.45, 2.75) is 39.3 Å². The van der Waals surface area contributed by atoms with Crippen LogP contribution in [0.3, 0.4) is 0 Å². The smallest absolute Gasteiger partial charge is 0.244 e. The number of halogens is 1. The Balaban J connectivity index is 2.47. The van der Waals surface area contributed by atoms with Crippen LogP contribution in [0.4, 0.5) is 5.69 Å². The zero-order chi connectivity index (χ0) is 24.1. The summed E-state index contributed by atoms with van der Waals surface area (Å²) in [4.78, 5) is 27.1. The Kier molecular flexibility index (Phi) is 8.69. The molecule has 2 aromatic rings. The highest BCUT2D eigenvalue weighted by molar-refractivity contribution is 7.92. The zero-order valence-electron chi connectivity index (χ0n) is 19.0. The van der Waals surface area contributed by atoms with Gasteiger partial charge in [0.1, 0.15) is 12.6 Å². The molecule has 32 heavy (non-hydrogen) atoms. The van der Waals surface area contributed by atoms with Gasteiger partial charge in [-0.05, 0) is 36.1 Å². The number of para-hydroxylation sites is 1. The van der Waals surface area contributed by atoms with Crippen LogP contribution in [0.1, 0.15) is 37.8 Å². The third-order valence-electron chi connectivity index (χ3n) is 5.22. The summed E-state index contributed by atoms with van der Waals surface area (Å²) in [6.07, 6.45) is 1.07. The molecule has 0 aliphatic carbocycles. The number of carbonyl (C=O) groups is 2. The van der Waals surface area contributed by atoms with Crippen molar-refractivity contribution in [3.63, 3.8) is 0 Å². The molecule has 1 atom stereocenters. The predicted molar refractivity (Wildman–Crippen MR) is 128 cm³/mol. The van der Waals surface area contributed by atoms with Gasteiger partial charge in [-0.1, -0.05) is 61.8 Å². The molecule has 174 valence electrons. The van der Waals surface area contributed by atoms with E-state index in [0.717, 1.165) is 16.1 Å². The number of likely N-dealkylation sites (N-methyl/N-ethyl adjacent to an activating group) is 1. The third-order valence-corrected chi connectivity index (χ3v) is 6.71. The van der Waals surface area contributed by atoms with E-state index in [0.29, 0.717) is 16.3 Å². The van der Waals surface area contributed by atoms with E-state index >= 15 is 0 Å². The highest BCUT2D eigenvalue weighted by Gasteiger charge is 2.31. The maximum Gasteiger partial charge on any atom is 0.244 e. The topological polar surface area (TPSA) is 86.8 Å². The first-order valence-electron chi connectivity index (χ1n) is 10.3. The summed E-state index contributed by atoms with van der Waals surface area (Å²) in [5, 5.41) is 3.00. The van der Waals surface area contributed by atoms with Gasteiger partial charge in [0.15, 0.2) is 0 Å². The monoisotopic (exact) mass is 479 g/mol. The van der Waals surface area contributed by atoms with Gasteiger partial charge in [0.2, 0.25) is 21.8 Å². The molecule has 0 aliphatic rings. The summed E-state index contributed by atoms with van der Waals surface area (Å²) in [6, 6.07) is 13.3. The lowest BCUT2D eigenvalue weighted by Gasteiger charge is -2.32. The van der Waals surface area contributed by atoms with Crippen LogP contribution in [0.2, 0.25) is 5.02 Å². The van der Waals surface area contributed by atoms with E-state index in [4.69, 9.17) is 11.6 Å². The maximum atomic E-state index is 13.4. The maximum absolute atomic E-state index is 13.4. The Labute approximate surface area is 195 Å². The van der Waals surface area contributed by atoms with Crippen LogP contribution < -0.4 is 9.62 Å². The largest absolute Gasteiger partial charge is 0.357 e. The second-order valence-electron chi connectivity index (χ2n) is 7.89. The van der Waals surface area contributed by atoms with E-state index in [1.54, 1.807) is 43.3 Å². The number of rotatable bonds is 9. The SMILES string of the molecule is CNC(=O)C(C)N(Cc1ccccc1Cl)C(=O)CN(c1ccccc1C(C)C)S(C)(=O)=O. The van der Waals surface area contributed by atoms with Gasteiger partial charge >= 0.3 is 0 Å². The van der Waals surface area contributed by atoms with Crippen molar-refractivity contribution in [1.29, 1.82) is 0 Å². The summed E-state index contributed by atoms with van der Waals surface area (Å²) >= 11 is 6.28. The van der Waals surface area contributed by atoms with E-state index in [-0.39, 0.29) is 18.4 Å². The summed E-state index contributed by atoms with van der Waals surface area (Å²) < 4.78 is 26.5. The van der Waals surface area contributed by atoms with E-state index in [2.05, 4.69) is 5.32 Å². The number of hydrogen-bond acceptors (Lipinski definition) is 4. The minimum atomic E-state index is -3.78. The summed E-state index contributed by atoms with van der Waals surface area (Å²) in [7, 11) is -2.29. The summed E-state index contributed by atoms with van der Waals surface area (Å²) in [6.45, 7) is 5.14. The molecule has 2 amide bonds. The van der Waals surface area contributed by atoms with Crippen molar-refractivity contribution < 1.29 is 18.0 Å². The van der Waals surface area contributed by atoms with Gasteiger partial charge in [0.25, 0.3) is 0 Å². The van der Waals surface area contributed by atoms with Crippen molar-refractivity contribution in [3.8, 4) is 0 Å². The Morgan fingerprint density at radius 2 is 1.62 bits per heavy atom. The molecule has 1 N–H and O–H groups in total. The Morgan fingerprint density at radius 3 is 2.19 bits per heavy atom. The molecule has 0 bridgehead atoms. The fraction of sp³-hybridized carbons (Fsp3) is 0.391. The van der Waals surface area contributed by atoms with Crippen LogP contribution in [0.25, 0.3) is 0 Å². The number of nitrogens with one attached hydrogen (secondary N) is 1. The van der Waals surface area contributed by atoms with Crippen molar-refractivity contribution in [3.05, 3.63) is 64.7 Å². The quantitative estimate of drug-likeness (QED) is 0.597. The van der Waals surface area contributed by atoms with Gasteiger partial charge in [0.05, 0.1) is 11.9 Å². The fourth-order valence-electron chi connectivity index (χ4n) is 3.40. The molecule has 0 aliphatic heterocycles. The predicted octanol–water partition coefficient (Wildman–Crippen LogP) is 3.39. The van der Waals surface area contributed by atoms with Crippen LogP contribution in [0.15, 0.2) is 48.5 Å². The van der Waals surface area contributed by atoms with Crippen LogP contribution in [-0.2, 0) is 26.2 Å². The second-order valence-corrected chi connectivity index (χ2v) is 10.2. The van der Waals surface area contributed by atoms with Crippen molar-refractivity contribution in [1.82, 2.24) is 10.2 Å². The molecular formula is C23H30ClN3O4S. The summed E-state index contributed by atoms with van der Waals surface area (Å²) in [5.74, 6) is -0.821. The normalized spacial score (nSPS) is 12.3. The minimum Gasteiger partial charge on any atom is -0.357 e. The molecule has 0 saturated carbocycles. The Hall–Kier alpha value is -2.58. The lowest BCUT2D eigenvalue weighted by atomic mass is 10.0. The van der Waals surface area contributed by atoms with Crippen LogP contribution in [0, 0.1) is 0 Å². The van der Waals surface area contributed by atoms with Gasteiger partial charge in [-0.3, -0.25) is 13.9 Å².